The molecule has 2 fully saturated rings. The van der Waals surface area contributed by atoms with Crippen LogP contribution < -0.4 is 0 Å². The van der Waals surface area contributed by atoms with Crippen LogP contribution in [0.2, 0.25) is 0 Å². The molecular formula is C12H19N. The Morgan fingerprint density at radius 3 is 2.31 bits per heavy atom. The topological polar surface area (TPSA) is 23.8 Å². The molecule has 2 aliphatic carbocycles. The molecule has 2 rings (SSSR count). The molecule has 0 aromatic heterocycles. The van der Waals surface area contributed by atoms with Gasteiger partial charge in [0.05, 0.1) is 12.0 Å². The van der Waals surface area contributed by atoms with E-state index in [4.69, 9.17) is 5.26 Å². The van der Waals surface area contributed by atoms with Crippen molar-refractivity contribution in [1.82, 2.24) is 0 Å². The number of nitriles is 1. The van der Waals surface area contributed by atoms with E-state index in [9.17, 15) is 0 Å². The monoisotopic (exact) mass is 177 g/mol. The van der Waals surface area contributed by atoms with Gasteiger partial charge in [0.1, 0.15) is 0 Å². The summed E-state index contributed by atoms with van der Waals surface area (Å²) in [5, 5.41) is 8.78. The average molecular weight is 177 g/mol. The normalized spacial score (nSPS) is 45.4. The third-order valence-corrected chi connectivity index (χ3v) is 4.29. The lowest BCUT2D eigenvalue weighted by Crippen LogP contribution is -1.99. The molecule has 3 atom stereocenters. The summed E-state index contributed by atoms with van der Waals surface area (Å²) in [7, 11) is 0. The van der Waals surface area contributed by atoms with E-state index in [1.54, 1.807) is 0 Å². The van der Waals surface area contributed by atoms with E-state index >= 15 is 0 Å². The minimum absolute atomic E-state index is 0.370. The Hall–Kier alpha value is -0.510. The Kier molecular flexibility index (Phi) is 1.74. The van der Waals surface area contributed by atoms with E-state index in [1.807, 2.05) is 0 Å². The molecule has 0 N–H and O–H groups in total. The molecule has 0 spiro atoms. The SMILES string of the molecule is CC1(C)C[C@H]1CC[C@@]1(C)C[C@H]1C#N. The van der Waals surface area contributed by atoms with Gasteiger partial charge in [-0.05, 0) is 42.4 Å². The van der Waals surface area contributed by atoms with Gasteiger partial charge in [0.15, 0.2) is 0 Å². The third-order valence-electron chi connectivity index (χ3n) is 4.29. The first kappa shape index (κ1) is 9.06. The maximum Gasteiger partial charge on any atom is 0.0661 e. The van der Waals surface area contributed by atoms with Gasteiger partial charge in [-0.3, -0.25) is 0 Å². The quantitative estimate of drug-likeness (QED) is 0.648. The first-order valence-electron chi connectivity index (χ1n) is 5.38. The van der Waals surface area contributed by atoms with Crippen LogP contribution in [0.1, 0.15) is 46.5 Å². The summed E-state index contributed by atoms with van der Waals surface area (Å²) in [5.41, 5.74) is 1.01. The van der Waals surface area contributed by atoms with Crippen LogP contribution >= 0.6 is 0 Å². The largest absolute Gasteiger partial charge is 0.198 e. The van der Waals surface area contributed by atoms with Crippen molar-refractivity contribution in [3.05, 3.63) is 0 Å². The van der Waals surface area contributed by atoms with Gasteiger partial charge in [0.2, 0.25) is 0 Å². The lowest BCUT2D eigenvalue weighted by molar-refractivity contribution is 0.422. The molecule has 0 amide bonds. The molecule has 1 heteroatoms. The minimum Gasteiger partial charge on any atom is -0.198 e. The molecule has 72 valence electrons. The molecule has 0 bridgehead atoms. The predicted molar refractivity (Wildman–Crippen MR) is 52.9 cm³/mol. The number of hydrogen-bond acceptors (Lipinski definition) is 1. The van der Waals surface area contributed by atoms with Crippen molar-refractivity contribution < 1.29 is 0 Å². The highest BCUT2D eigenvalue weighted by Crippen LogP contribution is 2.60. The van der Waals surface area contributed by atoms with Gasteiger partial charge in [-0.15, -0.1) is 0 Å². The molecular weight excluding hydrogens is 158 g/mol. The maximum absolute atomic E-state index is 8.78. The second kappa shape index (κ2) is 2.50. The van der Waals surface area contributed by atoms with Crippen LogP contribution in [0.25, 0.3) is 0 Å². The summed E-state index contributed by atoms with van der Waals surface area (Å²) in [6, 6.07) is 2.39. The molecule has 0 radical (unpaired) electrons. The first-order valence-corrected chi connectivity index (χ1v) is 5.38. The van der Waals surface area contributed by atoms with Crippen LogP contribution in [0.3, 0.4) is 0 Å². The first-order chi connectivity index (χ1) is 5.98. The zero-order valence-corrected chi connectivity index (χ0v) is 8.93. The zero-order valence-electron chi connectivity index (χ0n) is 8.93. The van der Waals surface area contributed by atoms with Crippen LogP contribution in [-0.2, 0) is 0 Å². The lowest BCUT2D eigenvalue weighted by atomic mass is 9.96. The highest BCUT2D eigenvalue weighted by atomic mass is 14.6. The van der Waals surface area contributed by atoms with Crippen LogP contribution in [-0.4, -0.2) is 0 Å². The van der Waals surface area contributed by atoms with Crippen molar-refractivity contribution >= 4 is 0 Å². The van der Waals surface area contributed by atoms with Crippen molar-refractivity contribution in [3.63, 3.8) is 0 Å². The van der Waals surface area contributed by atoms with E-state index in [2.05, 4.69) is 26.8 Å². The molecule has 0 heterocycles. The fourth-order valence-electron chi connectivity index (χ4n) is 2.46. The summed E-state index contributed by atoms with van der Waals surface area (Å²) in [4.78, 5) is 0. The van der Waals surface area contributed by atoms with Gasteiger partial charge in [-0.2, -0.15) is 5.26 Å². The standard InChI is InChI=1S/C12H19N/c1-11(2)6-9(11)4-5-12(3)7-10(12)8-13/h9-10H,4-7H2,1-3H3/t9-,10+,12+/m1/s1. The van der Waals surface area contributed by atoms with Gasteiger partial charge >= 0.3 is 0 Å². The van der Waals surface area contributed by atoms with E-state index in [1.165, 1.54) is 19.3 Å². The molecule has 0 aliphatic heterocycles. The van der Waals surface area contributed by atoms with Crippen molar-refractivity contribution in [1.29, 1.82) is 5.26 Å². The van der Waals surface area contributed by atoms with E-state index in [-0.39, 0.29) is 0 Å². The second-order valence-electron chi connectivity index (χ2n) is 5.97. The molecule has 0 aromatic rings. The van der Waals surface area contributed by atoms with Gasteiger partial charge in [0.25, 0.3) is 0 Å². The molecule has 1 nitrogen and oxygen atoms in total. The summed E-state index contributed by atoms with van der Waals surface area (Å²) < 4.78 is 0. The lowest BCUT2D eigenvalue weighted by Gasteiger charge is -2.09. The Morgan fingerprint density at radius 1 is 1.31 bits per heavy atom. The van der Waals surface area contributed by atoms with Crippen molar-refractivity contribution in [3.8, 4) is 6.07 Å². The van der Waals surface area contributed by atoms with Crippen molar-refractivity contribution in [2.45, 2.75) is 46.5 Å². The van der Waals surface area contributed by atoms with Gasteiger partial charge in [-0.1, -0.05) is 20.8 Å². The number of nitrogens with zero attached hydrogens (tertiary/aromatic N) is 1. The summed E-state index contributed by atoms with van der Waals surface area (Å²) in [6.07, 6.45) is 5.18. The summed E-state index contributed by atoms with van der Waals surface area (Å²) in [5.74, 6) is 1.32. The molecule has 2 aliphatic rings. The Labute approximate surface area is 81.1 Å². The Morgan fingerprint density at radius 2 is 1.92 bits per heavy atom. The highest BCUT2D eigenvalue weighted by Gasteiger charge is 2.52. The maximum atomic E-state index is 8.78. The fraction of sp³-hybridized carbons (Fsp3) is 0.917. The Balaban J connectivity index is 1.74. The molecule has 13 heavy (non-hydrogen) atoms. The highest BCUT2D eigenvalue weighted by molar-refractivity contribution is 5.10. The minimum atomic E-state index is 0.370. The molecule has 2 saturated carbocycles. The van der Waals surface area contributed by atoms with Crippen molar-refractivity contribution in [2.24, 2.45) is 22.7 Å². The van der Waals surface area contributed by atoms with Crippen LogP contribution in [0.4, 0.5) is 0 Å². The molecule has 0 aromatic carbocycles. The fourth-order valence-corrected chi connectivity index (χ4v) is 2.46. The van der Waals surface area contributed by atoms with Crippen LogP contribution in [0.15, 0.2) is 0 Å². The van der Waals surface area contributed by atoms with Crippen LogP contribution in [0, 0.1) is 34.0 Å². The summed E-state index contributed by atoms with van der Waals surface area (Å²) >= 11 is 0. The Bertz CT molecular complexity index is 261. The molecule has 0 saturated heterocycles. The van der Waals surface area contributed by atoms with Gasteiger partial charge in [0, 0.05) is 0 Å². The molecule has 0 unspecified atom stereocenters. The third kappa shape index (κ3) is 1.59. The predicted octanol–water partition coefficient (Wildman–Crippen LogP) is 3.36. The van der Waals surface area contributed by atoms with E-state index in [0.717, 1.165) is 12.3 Å². The number of hydrogen-bond donors (Lipinski definition) is 0. The second-order valence-corrected chi connectivity index (χ2v) is 5.97. The van der Waals surface area contributed by atoms with Crippen LogP contribution in [0.5, 0.6) is 0 Å². The van der Waals surface area contributed by atoms with E-state index < -0.39 is 0 Å². The van der Waals surface area contributed by atoms with Gasteiger partial charge in [-0.25, -0.2) is 0 Å². The van der Waals surface area contributed by atoms with E-state index in [0.29, 0.717) is 16.7 Å². The number of rotatable bonds is 3. The van der Waals surface area contributed by atoms with Crippen molar-refractivity contribution in [2.75, 3.05) is 0 Å². The average Bonchev–Trinajstić information content (AvgIpc) is 2.87. The smallest absolute Gasteiger partial charge is 0.0661 e. The summed E-state index contributed by atoms with van der Waals surface area (Å²) in [6.45, 7) is 6.99. The van der Waals surface area contributed by atoms with Gasteiger partial charge < -0.3 is 0 Å². The zero-order chi connectivity index (χ0) is 9.69.